The minimum atomic E-state index is -4.04. The monoisotopic (exact) mass is 1920 g/mol. The molecular formula is C90H121Cl6NO23P4. The lowest BCUT2D eigenvalue weighted by Gasteiger charge is -2.19. The number of benzene rings is 8. The maximum atomic E-state index is 13.2. The van der Waals surface area contributed by atoms with Crippen LogP contribution in [0.4, 0.5) is 0 Å². The van der Waals surface area contributed by atoms with Crippen LogP contribution >= 0.6 is 97.5 Å². The average Bonchev–Trinajstić information content (AvgIpc) is 0.848. The van der Waals surface area contributed by atoms with E-state index < -0.39 is 46.4 Å². The maximum absolute atomic E-state index is 13.2. The lowest BCUT2D eigenvalue weighted by Crippen LogP contribution is -2.21. The number of nitrogens with zero attached hydrogens (tertiary/aromatic N) is 1. The standard InChI is InChI=1S/C28H31O7P.C15H14O3.2C13H18ClO4P.C12H17O5P.C6H15N.2CH2Cl2.CH4/c1-22(28(30)34-21-24-12-7-4-8-13-24)16-17-36(31,32-2)35-26-15-9-14-25(18-26)19-27(29)33-20-23-10-5-3-6-11-23;16-14-8-4-7-13(9-14)10-15(17)18-11-12-5-2-1-3-6-12;2*1-11(8-9-19(14,16)17-2)13(15)18-10-12-6-4-3-5-7-12;1-10(7-8-18(14,15)16)12(13)17-9-11-5-3-2-4-6-11;1-4-7(5-2)6-3;2*2-1-3;/h3-15,18,22H,16-17,19-21H2,1-2H3;1-9,16H,10-11H2;2*3-7,11H,8-10H2,1-2H3;2-6,10H,7-9H2,1H3,(H2,14,15,16);4-6H2,1-3H3;2*1H2;1H4/t22-,36?;;2*11-,19?;10-;;;;/m0.000..../s1. The summed E-state index contributed by atoms with van der Waals surface area (Å²) in [6.07, 6.45) is 1.42. The van der Waals surface area contributed by atoms with Crippen LogP contribution in [0.15, 0.2) is 231 Å². The Labute approximate surface area is 762 Å². The van der Waals surface area contributed by atoms with Gasteiger partial charge in [-0.25, -0.2) is 4.57 Å². The van der Waals surface area contributed by atoms with Gasteiger partial charge in [-0.2, -0.15) is 0 Å². The van der Waals surface area contributed by atoms with Gasteiger partial charge in [-0.1, -0.05) is 262 Å². The Hall–Kier alpha value is -7.40. The second kappa shape index (κ2) is 68.8. The summed E-state index contributed by atoms with van der Waals surface area (Å²) in [4.78, 5) is 91.0. The molecule has 0 fully saturated rings. The number of phenolic OH excluding ortho intramolecular Hbond substituents is 1. The Balaban J connectivity index is 0.00000151. The molecule has 124 heavy (non-hydrogen) atoms. The number of aromatic hydroxyl groups is 1. The van der Waals surface area contributed by atoms with E-state index >= 15 is 0 Å². The van der Waals surface area contributed by atoms with Gasteiger partial charge in [-0.15, -0.1) is 46.4 Å². The van der Waals surface area contributed by atoms with Crippen molar-refractivity contribution in [3.05, 3.63) is 275 Å². The number of hydrogen-bond donors (Lipinski definition) is 3. The van der Waals surface area contributed by atoms with E-state index in [9.17, 15) is 52.1 Å². The van der Waals surface area contributed by atoms with Crippen LogP contribution in [0.25, 0.3) is 0 Å². The molecule has 0 amide bonds. The number of esters is 6. The van der Waals surface area contributed by atoms with Gasteiger partial charge in [0, 0.05) is 33.7 Å². The number of ether oxygens (including phenoxy) is 6. The summed E-state index contributed by atoms with van der Waals surface area (Å²) in [6, 6.07) is 69.8. The molecule has 3 N–H and O–H groups in total. The summed E-state index contributed by atoms with van der Waals surface area (Å²) in [5, 5.41) is 9.67. The van der Waals surface area contributed by atoms with Crippen molar-refractivity contribution < 1.29 is 108 Å². The van der Waals surface area contributed by atoms with Crippen molar-refractivity contribution in [3.63, 3.8) is 0 Å². The van der Waals surface area contributed by atoms with Gasteiger partial charge in [0.1, 0.15) is 51.1 Å². The zero-order valence-electron chi connectivity index (χ0n) is 71.1. The first-order chi connectivity index (χ1) is 58.5. The molecule has 0 bridgehead atoms. The molecule has 0 aliphatic rings. The van der Waals surface area contributed by atoms with Crippen LogP contribution in [0.5, 0.6) is 11.5 Å². The molecule has 0 aliphatic carbocycles. The summed E-state index contributed by atoms with van der Waals surface area (Å²) in [7, 11) is -3.66. The van der Waals surface area contributed by atoms with Gasteiger partial charge in [-0.3, -0.25) is 42.5 Å². The predicted octanol–water partition coefficient (Wildman–Crippen LogP) is 23.1. The molecule has 0 heterocycles. The molecule has 0 spiro atoms. The third-order valence-electron chi connectivity index (χ3n) is 17.3. The molecule has 8 rings (SSSR count). The number of hydrogen-bond acceptors (Lipinski definition) is 22. The number of halogens is 6. The molecule has 0 saturated carbocycles. The summed E-state index contributed by atoms with van der Waals surface area (Å²) in [6.45, 7) is 12.0. The van der Waals surface area contributed by atoms with Crippen LogP contribution in [0.2, 0.25) is 0 Å². The van der Waals surface area contributed by atoms with Crippen LogP contribution in [0.3, 0.4) is 0 Å². The number of carbonyl (C=O) groups is 6. The molecule has 0 radical (unpaired) electrons. The molecule has 686 valence electrons. The third-order valence-corrected chi connectivity index (χ3v) is 24.5. The fourth-order valence-electron chi connectivity index (χ4n) is 9.84. The van der Waals surface area contributed by atoms with Crippen molar-refractivity contribution in [2.24, 2.45) is 23.7 Å². The summed E-state index contributed by atoms with van der Waals surface area (Å²) in [5.74, 6) is -3.38. The summed E-state index contributed by atoms with van der Waals surface area (Å²) < 4.78 is 98.3. The van der Waals surface area contributed by atoms with E-state index in [-0.39, 0.29) is 156 Å². The van der Waals surface area contributed by atoms with Gasteiger partial charge in [0.2, 0.25) is 0 Å². The van der Waals surface area contributed by atoms with Gasteiger partial charge in [-0.05, 0) is 137 Å². The number of carbonyl (C=O) groups excluding carboxylic acids is 6. The highest BCUT2D eigenvalue weighted by molar-refractivity contribution is 7.85. The molecule has 0 aromatic heterocycles. The summed E-state index contributed by atoms with van der Waals surface area (Å²) in [5.41, 5.74) is 6.91. The first-order valence-corrected chi connectivity index (χ1v) is 50.3. The number of rotatable bonds is 40. The topological polar surface area (TPSA) is 327 Å². The lowest BCUT2D eigenvalue weighted by molar-refractivity contribution is -0.150. The first-order valence-electron chi connectivity index (χ1n) is 39.2. The first kappa shape index (κ1) is 117. The van der Waals surface area contributed by atoms with Gasteiger partial charge in [0.25, 0.3) is 13.4 Å². The number of alkyl halides is 4. The SMILES string of the molecule is C.CCN(CC)CC.COP(=O)(CC[C@H](C)C(=O)OCc1ccccc1)Oc1cccc(CC(=O)OCc2ccccc2)c1.COP(=O)(Cl)CC[C@H](C)C(=O)OCc1ccccc1.COP(=O)(Cl)CC[C@H](C)C(=O)OCc1ccccc1.C[C@@H](CCP(=O)(O)O)C(=O)OCc1ccccc1.ClCCl.ClCCl.O=C(Cc1cccc(O)c1)OCc1ccccc1. The zero-order chi connectivity index (χ0) is 91.9. The highest BCUT2D eigenvalue weighted by Crippen LogP contribution is 2.53. The predicted molar refractivity (Wildman–Crippen MR) is 496 cm³/mol. The minimum Gasteiger partial charge on any atom is -0.508 e. The normalized spacial score (nSPS) is 12.8. The minimum absolute atomic E-state index is 0. The highest BCUT2D eigenvalue weighted by atomic mass is 35.7. The van der Waals surface area contributed by atoms with Crippen molar-refractivity contribution in [2.75, 3.05) is 76.3 Å². The average molecular weight is 1920 g/mol. The largest absolute Gasteiger partial charge is 0.508 e. The molecule has 7 atom stereocenters. The molecule has 24 nitrogen and oxygen atoms in total. The Morgan fingerprint density at radius 1 is 0.355 bits per heavy atom. The van der Waals surface area contributed by atoms with E-state index in [4.69, 9.17) is 116 Å². The molecule has 8 aromatic carbocycles. The van der Waals surface area contributed by atoms with E-state index in [1.165, 1.54) is 41.0 Å². The van der Waals surface area contributed by atoms with Crippen LogP contribution in [-0.4, -0.2) is 132 Å². The van der Waals surface area contributed by atoms with E-state index in [0.29, 0.717) is 24.2 Å². The smallest absolute Gasteiger partial charge is 0.378 e. The Bertz CT molecular complexity index is 4310. The van der Waals surface area contributed by atoms with E-state index in [2.05, 4.69) is 34.7 Å². The second-order valence-corrected chi connectivity index (χ2v) is 39.6. The van der Waals surface area contributed by atoms with Crippen molar-refractivity contribution in [3.8, 4) is 11.5 Å². The van der Waals surface area contributed by atoms with Crippen molar-refractivity contribution in [1.82, 2.24) is 4.90 Å². The quantitative estimate of drug-likeness (QED) is 0.0139. The van der Waals surface area contributed by atoms with E-state index in [1.54, 1.807) is 76.2 Å². The van der Waals surface area contributed by atoms with Crippen LogP contribution < -0.4 is 4.52 Å². The van der Waals surface area contributed by atoms with Gasteiger partial charge < -0.3 is 66.3 Å². The fourth-order valence-corrected chi connectivity index (χ4v) is 14.4. The Morgan fingerprint density at radius 3 is 0.855 bits per heavy atom. The molecule has 0 aliphatic heterocycles. The van der Waals surface area contributed by atoms with Crippen LogP contribution in [-0.2, 0) is 142 Å². The molecule has 34 heteroatoms. The van der Waals surface area contributed by atoms with Crippen molar-refractivity contribution >= 4 is 133 Å². The lowest BCUT2D eigenvalue weighted by atomic mass is 10.1. The highest BCUT2D eigenvalue weighted by Gasteiger charge is 2.29. The Kier molecular flexibility index (Phi) is 64.6. The van der Waals surface area contributed by atoms with E-state index in [1.807, 2.05) is 182 Å². The van der Waals surface area contributed by atoms with Gasteiger partial charge in [0.05, 0.1) is 59.5 Å². The van der Waals surface area contributed by atoms with Gasteiger partial charge in [0.15, 0.2) is 0 Å². The zero-order valence-corrected chi connectivity index (χ0v) is 79.2. The Morgan fingerprint density at radius 2 is 0.605 bits per heavy atom. The molecule has 8 aromatic rings. The van der Waals surface area contributed by atoms with Crippen molar-refractivity contribution in [2.45, 2.75) is 134 Å². The third kappa shape index (κ3) is 58.8. The van der Waals surface area contributed by atoms with E-state index in [0.717, 1.165) is 38.9 Å². The maximum Gasteiger partial charge on any atom is 0.378 e. The molecular weight excluding hydrogens is 1800 g/mol. The molecule has 3 unspecified atom stereocenters. The second-order valence-electron chi connectivity index (χ2n) is 26.9. The fraction of sp³-hybridized carbons (Fsp3) is 0.400. The number of phenols is 1. The van der Waals surface area contributed by atoms with Crippen LogP contribution in [0, 0.1) is 23.7 Å². The van der Waals surface area contributed by atoms with Gasteiger partial charge >= 0.3 is 51.0 Å². The summed E-state index contributed by atoms with van der Waals surface area (Å²) >= 11 is 30.3. The molecule has 0 saturated heterocycles. The van der Waals surface area contributed by atoms with Crippen molar-refractivity contribution in [1.29, 1.82) is 0 Å². The van der Waals surface area contributed by atoms with Crippen LogP contribution in [0.1, 0.15) is 126 Å².